The number of aromatic nitrogens is 1. The maximum Gasteiger partial charge on any atom is 0.349 e. The van der Waals surface area contributed by atoms with Gasteiger partial charge in [-0.25, -0.2) is 14.8 Å². The van der Waals surface area contributed by atoms with Gasteiger partial charge in [-0.3, -0.25) is 4.98 Å². The maximum absolute atomic E-state index is 12.6. The minimum absolute atomic E-state index is 0.0431. The molecule has 1 aliphatic rings. The number of rotatable bonds is 9. The number of hydrogen-bond donors (Lipinski definition) is 1. The molecule has 0 spiro atoms. The largest absolute Gasteiger partial charge is 0.461 e. The number of hydrogen-bond acceptors (Lipinski definition) is 5. The lowest BCUT2D eigenvalue weighted by Crippen LogP contribution is -2.18. The van der Waals surface area contributed by atoms with Crippen LogP contribution in [0.3, 0.4) is 0 Å². The highest BCUT2D eigenvalue weighted by Crippen LogP contribution is 2.29. The van der Waals surface area contributed by atoms with Crippen molar-refractivity contribution in [3.63, 3.8) is 0 Å². The predicted molar refractivity (Wildman–Crippen MR) is 108 cm³/mol. The van der Waals surface area contributed by atoms with Crippen LogP contribution >= 0.6 is 0 Å². The van der Waals surface area contributed by atoms with Crippen LogP contribution in [0.4, 0.5) is 5.69 Å². The fourth-order valence-electron chi connectivity index (χ4n) is 2.91. The van der Waals surface area contributed by atoms with Crippen LogP contribution in [0.1, 0.15) is 45.1 Å². The lowest BCUT2D eigenvalue weighted by Gasteiger charge is -2.15. The third-order valence-electron chi connectivity index (χ3n) is 4.56. The first kappa shape index (κ1) is 20.4. The summed E-state index contributed by atoms with van der Waals surface area (Å²) >= 11 is 0. The molecule has 1 unspecified atom stereocenters. The number of unbranched alkanes of at least 4 members (excludes halogenated alkanes) is 1. The molecule has 2 rings (SSSR count). The van der Waals surface area contributed by atoms with Crippen molar-refractivity contribution in [2.24, 2.45) is 21.6 Å². The van der Waals surface area contributed by atoms with Crippen LogP contribution in [-0.2, 0) is 16.0 Å². The quantitative estimate of drug-likeness (QED) is 0.239. The summed E-state index contributed by atoms with van der Waals surface area (Å²) in [6.07, 6.45) is 14.8. The van der Waals surface area contributed by atoms with Crippen LogP contribution in [0.25, 0.3) is 0 Å². The molecule has 2 N–H and O–H groups in total. The molecule has 0 amide bonds. The van der Waals surface area contributed by atoms with E-state index in [1.54, 1.807) is 12.4 Å². The SMILES string of the molecule is C#C/C(C(=O)OCC(CC)CCCC)=C(\N=C/N)C1=Nc2cnccc2C1. The minimum atomic E-state index is -0.565. The van der Waals surface area contributed by atoms with Gasteiger partial charge >= 0.3 is 5.97 Å². The Kier molecular flexibility index (Phi) is 7.75. The average Bonchev–Trinajstić information content (AvgIpc) is 3.12. The molecule has 2 heterocycles. The Morgan fingerprint density at radius 3 is 2.96 bits per heavy atom. The standard InChI is InChI=1S/C21H26N4O2/c1-4-7-8-15(5-2)13-27-21(26)17(6-3)20(24-14-22)18-11-16-9-10-23-12-19(16)25-18/h3,9-10,12,14-15H,4-5,7-8,11,13H2,1-2H3,(H2,22,24)/b20-17+. The van der Waals surface area contributed by atoms with Crippen molar-refractivity contribution in [3.05, 3.63) is 35.3 Å². The molecule has 1 aliphatic heterocycles. The highest BCUT2D eigenvalue weighted by Gasteiger charge is 2.24. The minimum Gasteiger partial charge on any atom is -0.461 e. The molecular weight excluding hydrogens is 340 g/mol. The topological polar surface area (TPSA) is 89.9 Å². The normalized spacial score (nSPS) is 14.9. The van der Waals surface area contributed by atoms with Gasteiger partial charge in [0.05, 0.1) is 30.5 Å². The first-order valence-electron chi connectivity index (χ1n) is 9.27. The first-order chi connectivity index (χ1) is 13.1. The second kappa shape index (κ2) is 10.3. The van der Waals surface area contributed by atoms with Gasteiger partial charge in [0.15, 0.2) is 0 Å². The lowest BCUT2D eigenvalue weighted by atomic mass is 10.0. The average molecular weight is 366 g/mol. The zero-order valence-corrected chi connectivity index (χ0v) is 15.9. The number of aliphatic imine (C=N–C) groups is 2. The van der Waals surface area contributed by atoms with Crippen LogP contribution in [0.2, 0.25) is 0 Å². The highest BCUT2D eigenvalue weighted by atomic mass is 16.5. The molecule has 0 saturated carbocycles. The summed E-state index contributed by atoms with van der Waals surface area (Å²) in [5, 5.41) is 0. The summed E-state index contributed by atoms with van der Waals surface area (Å²) in [7, 11) is 0. The summed E-state index contributed by atoms with van der Waals surface area (Å²) in [6, 6.07) is 1.88. The molecule has 0 fully saturated rings. The van der Waals surface area contributed by atoms with Crippen LogP contribution < -0.4 is 5.73 Å². The molecule has 0 aromatic carbocycles. The van der Waals surface area contributed by atoms with E-state index in [0.717, 1.165) is 43.3 Å². The van der Waals surface area contributed by atoms with E-state index < -0.39 is 5.97 Å². The Morgan fingerprint density at radius 2 is 2.33 bits per heavy atom. The van der Waals surface area contributed by atoms with E-state index in [-0.39, 0.29) is 11.3 Å². The Labute approximate surface area is 160 Å². The second-order valence-corrected chi connectivity index (χ2v) is 6.40. The van der Waals surface area contributed by atoms with Crippen molar-refractivity contribution < 1.29 is 9.53 Å². The summed E-state index contributed by atoms with van der Waals surface area (Å²) in [6.45, 7) is 4.58. The van der Waals surface area contributed by atoms with Gasteiger partial charge in [0.2, 0.25) is 0 Å². The Hall–Kier alpha value is -2.94. The van der Waals surface area contributed by atoms with Gasteiger partial charge in [0.1, 0.15) is 11.3 Å². The summed E-state index contributed by atoms with van der Waals surface area (Å²) in [5.41, 5.74) is 8.13. The fourth-order valence-corrected chi connectivity index (χ4v) is 2.91. The molecule has 27 heavy (non-hydrogen) atoms. The molecule has 0 radical (unpaired) electrons. The van der Waals surface area contributed by atoms with Gasteiger partial charge in [-0.15, -0.1) is 6.42 Å². The van der Waals surface area contributed by atoms with E-state index in [9.17, 15) is 4.79 Å². The van der Waals surface area contributed by atoms with Crippen LogP contribution in [0.5, 0.6) is 0 Å². The summed E-state index contributed by atoms with van der Waals surface area (Å²) < 4.78 is 5.49. The highest BCUT2D eigenvalue weighted by molar-refractivity contribution is 6.12. The number of terminal acetylenes is 1. The predicted octanol–water partition coefficient (Wildman–Crippen LogP) is 3.34. The van der Waals surface area contributed by atoms with E-state index >= 15 is 0 Å². The lowest BCUT2D eigenvalue weighted by molar-refractivity contribution is -0.140. The Bertz CT molecular complexity index is 803. The number of fused-ring (bicyclic) bond motifs is 1. The third kappa shape index (κ3) is 5.27. The van der Waals surface area contributed by atoms with Gasteiger partial charge < -0.3 is 10.5 Å². The molecular formula is C21H26N4O2. The second-order valence-electron chi connectivity index (χ2n) is 6.40. The molecule has 6 nitrogen and oxygen atoms in total. The number of nitrogens with two attached hydrogens (primary N) is 1. The molecule has 0 aliphatic carbocycles. The van der Waals surface area contributed by atoms with Crippen molar-refractivity contribution >= 4 is 23.7 Å². The van der Waals surface area contributed by atoms with E-state index in [2.05, 4.69) is 34.7 Å². The van der Waals surface area contributed by atoms with Crippen LogP contribution in [0, 0.1) is 18.3 Å². The van der Waals surface area contributed by atoms with Gasteiger partial charge in [0.25, 0.3) is 0 Å². The van der Waals surface area contributed by atoms with Crippen molar-refractivity contribution in [3.8, 4) is 12.3 Å². The number of allylic oxidation sites excluding steroid dienone is 1. The fraction of sp³-hybridized carbons (Fsp3) is 0.429. The van der Waals surface area contributed by atoms with Gasteiger partial charge in [-0.05, 0) is 24.0 Å². The zero-order chi connectivity index (χ0) is 19.6. The van der Waals surface area contributed by atoms with E-state index in [4.69, 9.17) is 16.9 Å². The third-order valence-corrected chi connectivity index (χ3v) is 4.56. The molecule has 142 valence electrons. The van der Waals surface area contributed by atoms with Gasteiger partial charge in [-0.1, -0.05) is 39.0 Å². The van der Waals surface area contributed by atoms with E-state index in [1.165, 1.54) is 0 Å². The van der Waals surface area contributed by atoms with Crippen molar-refractivity contribution in [1.82, 2.24) is 4.98 Å². The smallest absolute Gasteiger partial charge is 0.349 e. The zero-order valence-electron chi connectivity index (χ0n) is 15.9. The monoisotopic (exact) mass is 366 g/mol. The number of esters is 1. The van der Waals surface area contributed by atoms with Crippen molar-refractivity contribution in [1.29, 1.82) is 0 Å². The summed E-state index contributed by atoms with van der Waals surface area (Å²) in [5.74, 6) is 2.18. The maximum atomic E-state index is 12.6. The molecule has 0 saturated heterocycles. The van der Waals surface area contributed by atoms with E-state index in [1.807, 2.05) is 6.07 Å². The molecule has 1 aromatic rings. The van der Waals surface area contributed by atoms with Crippen LogP contribution in [0.15, 0.2) is 39.7 Å². The van der Waals surface area contributed by atoms with Crippen molar-refractivity contribution in [2.45, 2.75) is 46.0 Å². The number of ether oxygens (including phenoxy) is 1. The van der Waals surface area contributed by atoms with Crippen LogP contribution in [-0.4, -0.2) is 29.6 Å². The first-order valence-corrected chi connectivity index (χ1v) is 9.27. The Morgan fingerprint density at radius 1 is 1.52 bits per heavy atom. The molecule has 1 atom stereocenters. The van der Waals surface area contributed by atoms with Gasteiger partial charge in [-0.2, -0.15) is 0 Å². The number of pyridine rings is 1. The van der Waals surface area contributed by atoms with E-state index in [0.29, 0.717) is 24.7 Å². The molecule has 0 bridgehead atoms. The molecule has 1 aromatic heterocycles. The number of carbonyl (C=O) groups is 1. The van der Waals surface area contributed by atoms with Gasteiger partial charge in [0, 0.05) is 12.6 Å². The summed E-state index contributed by atoms with van der Waals surface area (Å²) in [4.78, 5) is 25.3. The number of nitrogens with zero attached hydrogens (tertiary/aromatic N) is 3. The molecule has 6 heteroatoms. The number of carbonyl (C=O) groups excluding carboxylic acids is 1. The Balaban J connectivity index is 2.21. The van der Waals surface area contributed by atoms with Crippen molar-refractivity contribution in [2.75, 3.05) is 6.61 Å².